The summed E-state index contributed by atoms with van der Waals surface area (Å²) in [5.74, 6) is -0.306. The Morgan fingerprint density at radius 1 is 1.23 bits per heavy atom. The Kier molecular flexibility index (Phi) is 7.80. The van der Waals surface area contributed by atoms with Crippen molar-refractivity contribution in [3.8, 4) is 0 Å². The molecule has 0 spiro atoms. The Labute approximate surface area is 131 Å². The van der Waals surface area contributed by atoms with Crippen molar-refractivity contribution in [2.45, 2.75) is 33.4 Å². The molecule has 0 aliphatic heterocycles. The molecule has 0 amide bonds. The maximum atomic E-state index is 13.6. The molecule has 0 aliphatic rings. The molecule has 124 valence electrons. The lowest BCUT2D eigenvalue weighted by Crippen LogP contribution is -2.45. The van der Waals surface area contributed by atoms with Gasteiger partial charge in [0.05, 0.1) is 0 Å². The van der Waals surface area contributed by atoms with Gasteiger partial charge < -0.3 is 10.6 Å². The highest BCUT2D eigenvalue weighted by molar-refractivity contribution is 5.79. The number of nitrogens with one attached hydrogen (secondary N) is 2. The number of aliphatic imine (C=N–C) groups is 1. The van der Waals surface area contributed by atoms with Crippen LogP contribution in [0.15, 0.2) is 23.2 Å². The van der Waals surface area contributed by atoms with Gasteiger partial charge in [0.1, 0.15) is 11.6 Å². The number of halogens is 2. The van der Waals surface area contributed by atoms with E-state index in [0.29, 0.717) is 12.0 Å². The average molecular weight is 312 g/mol. The second-order valence-electron chi connectivity index (χ2n) is 5.11. The van der Waals surface area contributed by atoms with Crippen molar-refractivity contribution in [3.63, 3.8) is 0 Å². The van der Waals surface area contributed by atoms with E-state index in [-0.39, 0.29) is 12.1 Å². The summed E-state index contributed by atoms with van der Waals surface area (Å²) in [5.41, 5.74) is 0.278. The molecule has 1 atom stereocenters. The van der Waals surface area contributed by atoms with E-state index in [1.165, 1.54) is 6.07 Å². The summed E-state index contributed by atoms with van der Waals surface area (Å²) in [5, 5.41) is 6.20. The molecule has 4 nitrogen and oxygen atoms in total. The molecule has 0 aliphatic carbocycles. The molecule has 2 N–H and O–H groups in total. The first kappa shape index (κ1) is 18.4. The van der Waals surface area contributed by atoms with Gasteiger partial charge in [0.25, 0.3) is 0 Å². The third-order valence-electron chi connectivity index (χ3n) is 3.68. The number of hydrogen-bond donors (Lipinski definition) is 2. The molecule has 0 bridgehead atoms. The quantitative estimate of drug-likeness (QED) is 0.600. The summed E-state index contributed by atoms with van der Waals surface area (Å²) >= 11 is 0. The zero-order valence-corrected chi connectivity index (χ0v) is 13.8. The number of nitrogens with zero attached hydrogens (tertiary/aromatic N) is 2. The number of benzene rings is 1. The number of guanidine groups is 1. The van der Waals surface area contributed by atoms with Gasteiger partial charge in [0.2, 0.25) is 0 Å². The van der Waals surface area contributed by atoms with Crippen molar-refractivity contribution in [2.24, 2.45) is 4.99 Å². The first-order valence-electron chi connectivity index (χ1n) is 7.64. The predicted octanol–water partition coefficient (Wildman–Crippen LogP) is 2.36. The maximum Gasteiger partial charge on any atom is 0.191 e. The third kappa shape index (κ3) is 5.60. The van der Waals surface area contributed by atoms with E-state index in [9.17, 15) is 8.78 Å². The zero-order valence-electron chi connectivity index (χ0n) is 13.8. The van der Waals surface area contributed by atoms with Gasteiger partial charge in [-0.15, -0.1) is 0 Å². The molecule has 0 aromatic heterocycles. The van der Waals surface area contributed by atoms with Crippen LogP contribution in [0.25, 0.3) is 0 Å². The molecule has 0 fully saturated rings. The van der Waals surface area contributed by atoms with Crippen LogP contribution in [0, 0.1) is 11.6 Å². The van der Waals surface area contributed by atoms with Crippen molar-refractivity contribution in [1.29, 1.82) is 0 Å². The van der Waals surface area contributed by atoms with Crippen LogP contribution in [-0.4, -0.2) is 43.6 Å². The topological polar surface area (TPSA) is 39.7 Å². The minimum Gasteiger partial charge on any atom is -0.355 e. The smallest absolute Gasteiger partial charge is 0.191 e. The van der Waals surface area contributed by atoms with E-state index in [2.05, 4.69) is 41.3 Å². The zero-order chi connectivity index (χ0) is 16.5. The van der Waals surface area contributed by atoms with Gasteiger partial charge in [-0.3, -0.25) is 9.89 Å². The number of hydrogen-bond acceptors (Lipinski definition) is 2. The van der Waals surface area contributed by atoms with Crippen molar-refractivity contribution in [1.82, 2.24) is 15.5 Å². The third-order valence-corrected chi connectivity index (χ3v) is 3.68. The van der Waals surface area contributed by atoms with Crippen molar-refractivity contribution in [3.05, 3.63) is 35.4 Å². The highest BCUT2D eigenvalue weighted by atomic mass is 19.1. The van der Waals surface area contributed by atoms with Gasteiger partial charge in [-0.25, -0.2) is 8.78 Å². The molecule has 1 rings (SSSR count). The molecular weight excluding hydrogens is 286 g/mol. The average Bonchev–Trinajstić information content (AvgIpc) is 2.51. The summed E-state index contributed by atoms with van der Waals surface area (Å²) in [6, 6.07) is 3.79. The van der Waals surface area contributed by atoms with Crippen LogP contribution >= 0.6 is 0 Å². The van der Waals surface area contributed by atoms with Crippen LogP contribution < -0.4 is 10.6 Å². The largest absolute Gasteiger partial charge is 0.355 e. The van der Waals surface area contributed by atoms with E-state index in [1.807, 2.05) is 0 Å². The second-order valence-corrected chi connectivity index (χ2v) is 5.11. The number of likely N-dealkylation sites (N-methyl/N-ethyl adjacent to an activating group) is 1. The van der Waals surface area contributed by atoms with Gasteiger partial charge in [0, 0.05) is 31.7 Å². The molecule has 0 radical (unpaired) electrons. The standard InChI is InChI=1S/C16H26F2N4/c1-5-22(6-2)12(3)10-20-16(19-4)21-11-13-9-14(17)7-8-15(13)18/h7-9,12H,5-6,10-11H2,1-4H3,(H2,19,20,21). The summed E-state index contributed by atoms with van der Waals surface area (Å²) in [6.07, 6.45) is 0. The fourth-order valence-electron chi connectivity index (χ4n) is 2.30. The monoisotopic (exact) mass is 312 g/mol. The SMILES string of the molecule is CCN(CC)C(C)CNC(=NC)NCc1cc(F)ccc1F. The van der Waals surface area contributed by atoms with Crippen molar-refractivity contribution in [2.75, 3.05) is 26.7 Å². The lowest BCUT2D eigenvalue weighted by atomic mass is 10.2. The Bertz CT molecular complexity index is 487. The Balaban J connectivity index is 2.51. The summed E-state index contributed by atoms with van der Waals surface area (Å²) in [6.45, 7) is 9.27. The van der Waals surface area contributed by atoms with Crippen LogP contribution in [0.2, 0.25) is 0 Å². The van der Waals surface area contributed by atoms with Gasteiger partial charge in [-0.05, 0) is 38.2 Å². The first-order chi connectivity index (χ1) is 10.5. The Morgan fingerprint density at radius 2 is 1.91 bits per heavy atom. The van der Waals surface area contributed by atoms with E-state index >= 15 is 0 Å². The molecular formula is C16H26F2N4. The van der Waals surface area contributed by atoms with Gasteiger partial charge >= 0.3 is 0 Å². The van der Waals surface area contributed by atoms with Crippen LogP contribution in [0.1, 0.15) is 26.3 Å². The van der Waals surface area contributed by atoms with Crippen molar-refractivity contribution < 1.29 is 8.78 Å². The lowest BCUT2D eigenvalue weighted by molar-refractivity contribution is 0.231. The molecule has 1 unspecified atom stereocenters. The van der Waals surface area contributed by atoms with Crippen molar-refractivity contribution >= 4 is 5.96 Å². The van der Waals surface area contributed by atoms with Crippen LogP contribution in [0.3, 0.4) is 0 Å². The van der Waals surface area contributed by atoms with E-state index in [4.69, 9.17) is 0 Å². The molecule has 1 aromatic carbocycles. The Morgan fingerprint density at radius 3 is 2.50 bits per heavy atom. The highest BCUT2D eigenvalue weighted by Crippen LogP contribution is 2.09. The van der Waals surface area contributed by atoms with Gasteiger partial charge in [-0.2, -0.15) is 0 Å². The van der Waals surface area contributed by atoms with E-state index in [1.54, 1.807) is 7.05 Å². The number of rotatable bonds is 7. The minimum atomic E-state index is -0.448. The predicted molar refractivity (Wildman–Crippen MR) is 86.9 cm³/mol. The van der Waals surface area contributed by atoms with Gasteiger partial charge in [-0.1, -0.05) is 13.8 Å². The molecule has 0 saturated carbocycles. The molecule has 6 heteroatoms. The van der Waals surface area contributed by atoms with E-state index < -0.39 is 11.6 Å². The maximum absolute atomic E-state index is 13.6. The first-order valence-corrected chi connectivity index (χ1v) is 7.64. The van der Waals surface area contributed by atoms with Crippen LogP contribution in [-0.2, 0) is 6.54 Å². The second kappa shape index (κ2) is 9.35. The lowest BCUT2D eigenvalue weighted by Gasteiger charge is -2.27. The van der Waals surface area contributed by atoms with Crippen LogP contribution in [0.4, 0.5) is 8.78 Å². The summed E-state index contributed by atoms with van der Waals surface area (Å²) in [4.78, 5) is 6.42. The fourth-order valence-corrected chi connectivity index (χ4v) is 2.30. The molecule has 0 saturated heterocycles. The molecule has 22 heavy (non-hydrogen) atoms. The highest BCUT2D eigenvalue weighted by Gasteiger charge is 2.11. The normalized spacial score (nSPS) is 13.3. The minimum absolute atomic E-state index is 0.183. The molecule has 0 heterocycles. The molecule has 1 aromatic rings. The summed E-state index contributed by atoms with van der Waals surface area (Å²) < 4.78 is 26.7. The Hall–Kier alpha value is -1.69. The van der Waals surface area contributed by atoms with Gasteiger partial charge in [0.15, 0.2) is 5.96 Å². The van der Waals surface area contributed by atoms with E-state index in [0.717, 1.165) is 31.8 Å². The fraction of sp³-hybridized carbons (Fsp3) is 0.562. The van der Waals surface area contributed by atoms with Crippen LogP contribution in [0.5, 0.6) is 0 Å². The summed E-state index contributed by atoms with van der Waals surface area (Å²) in [7, 11) is 1.65.